The van der Waals surface area contributed by atoms with E-state index in [0.29, 0.717) is 0 Å². The Balaban J connectivity index is 3.00. The first kappa shape index (κ1) is 12.0. The van der Waals surface area contributed by atoms with Gasteiger partial charge in [0.1, 0.15) is 0 Å². The fourth-order valence-electron chi connectivity index (χ4n) is 1.31. The number of unbranched alkanes of at least 4 members (excludes halogenated alkanes) is 2. The summed E-state index contributed by atoms with van der Waals surface area (Å²) in [5.74, 6) is 0.886. The fourth-order valence-corrected chi connectivity index (χ4v) is 1.31. The standard InChI is InChI=1S/C11H24O/c1-4-10(2)8-6-5-7-9-11(3)12/h10-12H,4-9H2,1-3H3/t10-,11-/m1/s1. The van der Waals surface area contributed by atoms with Crippen LogP contribution >= 0.6 is 0 Å². The van der Waals surface area contributed by atoms with Crippen LogP contribution in [0.15, 0.2) is 0 Å². The van der Waals surface area contributed by atoms with Crippen LogP contribution in [-0.2, 0) is 0 Å². The minimum absolute atomic E-state index is 0.103. The van der Waals surface area contributed by atoms with Crippen molar-refractivity contribution in [3.8, 4) is 0 Å². The molecule has 12 heavy (non-hydrogen) atoms. The predicted octanol–water partition coefficient (Wildman–Crippen LogP) is 3.36. The first-order valence-electron chi connectivity index (χ1n) is 5.34. The lowest BCUT2D eigenvalue weighted by atomic mass is 10.00. The average Bonchev–Trinajstić information content (AvgIpc) is 2.03. The molecule has 0 fully saturated rings. The van der Waals surface area contributed by atoms with E-state index in [1.165, 1.54) is 32.1 Å². The van der Waals surface area contributed by atoms with E-state index in [0.717, 1.165) is 12.3 Å². The molecule has 0 rings (SSSR count). The lowest BCUT2D eigenvalue weighted by Gasteiger charge is -2.07. The molecule has 0 heterocycles. The van der Waals surface area contributed by atoms with Gasteiger partial charge in [-0.15, -0.1) is 0 Å². The summed E-state index contributed by atoms with van der Waals surface area (Å²) in [7, 11) is 0. The molecule has 74 valence electrons. The summed E-state index contributed by atoms with van der Waals surface area (Å²) in [5.41, 5.74) is 0. The molecule has 0 unspecified atom stereocenters. The van der Waals surface area contributed by atoms with Crippen molar-refractivity contribution in [3.63, 3.8) is 0 Å². The zero-order valence-electron chi connectivity index (χ0n) is 8.84. The van der Waals surface area contributed by atoms with Gasteiger partial charge < -0.3 is 5.11 Å². The maximum absolute atomic E-state index is 9.01. The van der Waals surface area contributed by atoms with E-state index in [4.69, 9.17) is 5.11 Å². The molecule has 1 heteroatoms. The molecule has 0 bridgehead atoms. The van der Waals surface area contributed by atoms with Gasteiger partial charge in [0.15, 0.2) is 0 Å². The minimum Gasteiger partial charge on any atom is -0.393 e. The molecule has 0 saturated carbocycles. The summed E-state index contributed by atoms with van der Waals surface area (Å²) >= 11 is 0. The first-order chi connectivity index (χ1) is 5.66. The predicted molar refractivity (Wildman–Crippen MR) is 54.2 cm³/mol. The number of hydrogen-bond acceptors (Lipinski definition) is 1. The lowest BCUT2D eigenvalue weighted by molar-refractivity contribution is 0.180. The largest absolute Gasteiger partial charge is 0.393 e. The monoisotopic (exact) mass is 172 g/mol. The highest BCUT2D eigenvalue weighted by molar-refractivity contribution is 4.52. The van der Waals surface area contributed by atoms with Crippen molar-refractivity contribution >= 4 is 0 Å². The molecule has 1 N–H and O–H groups in total. The zero-order valence-corrected chi connectivity index (χ0v) is 8.84. The van der Waals surface area contributed by atoms with Crippen molar-refractivity contribution in [2.24, 2.45) is 5.92 Å². The Hall–Kier alpha value is -0.0400. The summed E-state index contributed by atoms with van der Waals surface area (Å²) in [5, 5.41) is 9.01. The third kappa shape index (κ3) is 8.06. The van der Waals surface area contributed by atoms with Crippen molar-refractivity contribution in [2.45, 2.75) is 65.4 Å². The smallest absolute Gasteiger partial charge is 0.0512 e. The maximum atomic E-state index is 9.01. The molecule has 0 aliphatic rings. The van der Waals surface area contributed by atoms with Crippen LogP contribution < -0.4 is 0 Å². The van der Waals surface area contributed by atoms with Crippen molar-refractivity contribution < 1.29 is 5.11 Å². The number of aliphatic hydroxyl groups is 1. The molecule has 0 radical (unpaired) electrons. The van der Waals surface area contributed by atoms with Gasteiger partial charge in [0.05, 0.1) is 6.10 Å². The van der Waals surface area contributed by atoms with Crippen LogP contribution in [0.2, 0.25) is 0 Å². The molecule has 0 aliphatic carbocycles. The van der Waals surface area contributed by atoms with E-state index in [1.807, 2.05) is 6.92 Å². The van der Waals surface area contributed by atoms with Gasteiger partial charge >= 0.3 is 0 Å². The summed E-state index contributed by atoms with van der Waals surface area (Å²) in [6.45, 7) is 6.43. The van der Waals surface area contributed by atoms with Crippen molar-refractivity contribution in [2.75, 3.05) is 0 Å². The number of aliphatic hydroxyl groups excluding tert-OH is 1. The fraction of sp³-hybridized carbons (Fsp3) is 1.00. The second-order valence-corrected chi connectivity index (χ2v) is 4.00. The molecular formula is C11H24O. The SMILES string of the molecule is CC[C@@H](C)CCCCC[C@@H](C)O. The van der Waals surface area contributed by atoms with Gasteiger partial charge in [-0.05, 0) is 19.3 Å². The van der Waals surface area contributed by atoms with Crippen LogP contribution in [0.5, 0.6) is 0 Å². The zero-order chi connectivity index (χ0) is 9.40. The Labute approximate surface area is 77.2 Å². The van der Waals surface area contributed by atoms with Crippen LogP contribution in [0.3, 0.4) is 0 Å². The van der Waals surface area contributed by atoms with Crippen LogP contribution in [0, 0.1) is 5.92 Å². The third-order valence-corrected chi connectivity index (χ3v) is 2.52. The molecule has 0 aromatic rings. The highest BCUT2D eigenvalue weighted by atomic mass is 16.3. The van der Waals surface area contributed by atoms with Gasteiger partial charge in [0.25, 0.3) is 0 Å². The Bertz CT molecular complexity index is 89.0. The Morgan fingerprint density at radius 3 is 2.08 bits per heavy atom. The Morgan fingerprint density at radius 1 is 1.00 bits per heavy atom. The quantitative estimate of drug-likeness (QED) is 0.584. The van der Waals surface area contributed by atoms with Gasteiger partial charge in [-0.1, -0.05) is 46.0 Å². The molecule has 0 aliphatic heterocycles. The topological polar surface area (TPSA) is 20.2 Å². The van der Waals surface area contributed by atoms with Crippen LogP contribution in [0.4, 0.5) is 0 Å². The molecule has 0 spiro atoms. The van der Waals surface area contributed by atoms with E-state index < -0.39 is 0 Å². The number of hydrogen-bond donors (Lipinski definition) is 1. The summed E-state index contributed by atoms with van der Waals surface area (Å²) in [6.07, 6.45) is 7.34. The minimum atomic E-state index is -0.103. The van der Waals surface area contributed by atoms with Crippen molar-refractivity contribution in [3.05, 3.63) is 0 Å². The first-order valence-corrected chi connectivity index (χ1v) is 5.34. The molecule has 0 amide bonds. The highest BCUT2D eigenvalue weighted by Gasteiger charge is 1.99. The van der Waals surface area contributed by atoms with E-state index >= 15 is 0 Å². The molecular weight excluding hydrogens is 148 g/mol. The lowest BCUT2D eigenvalue weighted by Crippen LogP contribution is -1.98. The van der Waals surface area contributed by atoms with E-state index in [1.54, 1.807) is 0 Å². The Morgan fingerprint density at radius 2 is 1.58 bits per heavy atom. The maximum Gasteiger partial charge on any atom is 0.0512 e. The molecule has 2 atom stereocenters. The normalized spacial score (nSPS) is 16.0. The van der Waals surface area contributed by atoms with Crippen molar-refractivity contribution in [1.82, 2.24) is 0 Å². The average molecular weight is 172 g/mol. The molecule has 0 saturated heterocycles. The second-order valence-electron chi connectivity index (χ2n) is 4.00. The molecule has 0 aromatic heterocycles. The molecule has 1 nitrogen and oxygen atoms in total. The van der Waals surface area contributed by atoms with Gasteiger partial charge in [-0.25, -0.2) is 0 Å². The number of rotatable bonds is 7. The van der Waals surface area contributed by atoms with E-state index in [-0.39, 0.29) is 6.10 Å². The second kappa shape index (κ2) is 7.60. The molecule has 0 aromatic carbocycles. The van der Waals surface area contributed by atoms with Gasteiger partial charge in [0.2, 0.25) is 0 Å². The van der Waals surface area contributed by atoms with Gasteiger partial charge in [-0.3, -0.25) is 0 Å². The van der Waals surface area contributed by atoms with E-state index in [9.17, 15) is 0 Å². The summed E-state index contributed by atoms with van der Waals surface area (Å²) in [6, 6.07) is 0. The van der Waals surface area contributed by atoms with Gasteiger partial charge in [0, 0.05) is 0 Å². The van der Waals surface area contributed by atoms with E-state index in [2.05, 4.69) is 13.8 Å². The van der Waals surface area contributed by atoms with Crippen LogP contribution in [-0.4, -0.2) is 11.2 Å². The third-order valence-electron chi connectivity index (χ3n) is 2.52. The summed E-state index contributed by atoms with van der Waals surface area (Å²) in [4.78, 5) is 0. The Kier molecular flexibility index (Phi) is 7.58. The van der Waals surface area contributed by atoms with Gasteiger partial charge in [-0.2, -0.15) is 0 Å². The van der Waals surface area contributed by atoms with Crippen LogP contribution in [0.1, 0.15) is 59.3 Å². The highest BCUT2D eigenvalue weighted by Crippen LogP contribution is 2.13. The van der Waals surface area contributed by atoms with Crippen LogP contribution in [0.25, 0.3) is 0 Å². The van der Waals surface area contributed by atoms with Crippen molar-refractivity contribution in [1.29, 1.82) is 0 Å². The summed E-state index contributed by atoms with van der Waals surface area (Å²) < 4.78 is 0.